The highest BCUT2D eigenvalue weighted by molar-refractivity contribution is 5.85. The Kier molecular flexibility index (Phi) is 7.23. The average Bonchev–Trinajstić information content (AvgIpc) is 2.07. The first-order chi connectivity index (χ1) is 5.43. The van der Waals surface area contributed by atoms with Crippen LogP contribution in [0, 0.1) is 17.2 Å². The second-order valence-corrected chi connectivity index (χ2v) is 3.24. The van der Waals surface area contributed by atoms with E-state index >= 15 is 0 Å². The molecule has 1 N–H and O–H groups in total. The van der Waals surface area contributed by atoms with Crippen LogP contribution in [0.3, 0.4) is 0 Å². The second kappa shape index (κ2) is 7.39. The maximum absolute atomic E-state index is 8.33. The van der Waals surface area contributed by atoms with Crippen molar-refractivity contribution in [2.24, 2.45) is 5.92 Å². The summed E-state index contributed by atoms with van der Waals surface area (Å²) in [4.78, 5) is 0. The number of nitriles is 1. The molecule has 1 fully saturated rings. The molecule has 1 saturated heterocycles. The van der Waals surface area contributed by atoms with E-state index in [1.807, 2.05) is 0 Å². The first kappa shape index (κ1) is 11.7. The van der Waals surface area contributed by atoms with Crippen molar-refractivity contribution in [3.8, 4) is 6.07 Å². The minimum atomic E-state index is 0. The predicted molar refractivity (Wildman–Crippen MR) is 52.3 cm³/mol. The third kappa shape index (κ3) is 4.58. The zero-order valence-corrected chi connectivity index (χ0v) is 8.20. The molecular formula is C9H17ClN2. The molecule has 0 amide bonds. The molecule has 0 radical (unpaired) electrons. The Hall–Kier alpha value is -0.260. The van der Waals surface area contributed by atoms with Crippen molar-refractivity contribution < 1.29 is 0 Å². The summed E-state index contributed by atoms with van der Waals surface area (Å²) in [5.41, 5.74) is 0. The van der Waals surface area contributed by atoms with E-state index in [1.54, 1.807) is 0 Å². The van der Waals surface area contributed by atoms with Gasteiger partial charge in [-0.05, 0) is 44.7 Å². The van der Waals surface area contributed by atoms with E-state index < -0.39 is 0 Å². The van der Waals surface area contributed by atoms with Gasteiger partial charge in [0, 0.05) is 6.42 Å². The van der Waals surface area contributed by atoms with Gasteiger partial charge in [0.25, 0.3) is 0 Å². The molecule has 0 aromatic heterocycles. The molecule has 0 aromatic rings. The predicted octanol–water partition coefficient (Wildman–Crippen LogP) is 2.10. The van der Waals surface area contributed by atoms with Crippen LogP contribution in [-0.2, 0) is 0 Å². The van der Waals surface area contributed by atoms with Crippen LogP contribution < -0.4 is 5.32 Å². The van der Waals surface area contributed by atoms with Gasteiger partial charge < -0.3 is 5.32 Å². The van der Waals surface area contributed by atoms with Gasteiger partial charge in [-0.3, -0.25) is 0 Å². The molecule has 1 heterocycles. The summed E-state index contributed by atoms with van der Waals surface area (Å²) in [5, 5.41) is 11.7. The lowest BCUT2D eigenvalue weighted by molar-refractivity contribution is 0.348. The van der Waals surface area contributed by atoms with Gasteiger partial charge in [0.05, 0.1) is 6.07 Å². The van der Waals surface area contributed by atoms with Gasteiger partial charge in [-0.2, -0.15) is 5.26 Å². The van der Waals surface area contributed by atoms with Crippen LogP contribution in [0.4, 0.5) is 0 Å². The second-order valence-electron chi connectivity index (χ2n) is 3.24. The minimum absolute atomic E-state index is 0. The summed E-state index contributed by atoms with van der Waals surface area (Å²) in [6.45, 7) is 2.36. The standard InChI is InChI=1S/C9H16N2.ClH/c10-6-2-1-3-9-4-7-11-8-5-9;/h9,11H,1-5,7-8H2;1H. The quantitative estimate of drug-likeness (QED) is 0.689. The molecule has 70 valence electrons. The van der Waals surface area contributed by atoms with Crippen LogP contribution in [0.2, 0.25) is 0 Å². The highest BCUT2D eigenvalue weighted by Gasteiger charge is 2.11. The Morgan fingerprint density at radius 2 is 2.00 bits per heavy atom. The molecule has 0 aromatic carbocycles. The van der Waals surface area contributed by atoms with E-state index in [4.69, 9.17) is 5.26 Å². The summed E-state index contributed by atoms with van der Waals surface area (Å²) in [6, 6.07) is 2.19. The average molecular weight is 189 g/mol. The van der Waals surface area contributed by atoms with Crippen LogP contribution in [-0.4, -0.2) is 13.1 Å². The minimum Gasteiger partial charge on any atom is -0.317 e. The van der Waals surface area contributed by atoms with Crippen molar-refractivity contribution in [1.82, 2.24) is 5.32 Å². The molecule has 1 aliphatic heterocycles. The van der Waals surface area contributed by atoms with E-state index in [0.29, 0.717) is 0 Å². The summed E-state index contributed by atoms with van der Waals surface area (Å²) < 4.78 is 0. The molecule has 0 aliphatic carbocycles. The van der Waals surface area contributed by atoms with Crippen LogP contribution in [0.25, 0.3) is 0 Å². The molecule has 1 rings (SSSR count). The van der Waals surface area contributed by atoms with Crippen LogP contribution in [0.15, 0.2) is 0 Å². The van der Waals surface area contributed by atoms with Crippen molar-refractivity contribution >= 4 is 12.4 Å². The zero-order valence-electron chi connectivity index (χ0n) is 7.38. The van der Waals surface area contributed by atoms with Crippen LogP contribution >= 0.6 is 12.4 Å². The van der Waals surface area contributed by atoms with Gasteiger partial charge in [-0.25, -0.2) is 0 Å². The van der Waals surface area contributed by atoms with Gasteiger partial charge >= 0.3 is 0 Å². The molecular weight excluding hydrogens is 172 g/mol. The van der Waals surface area contributed by atoms with Crippen molar-refractivity contribution in [2.45, 2.75) is 32.1 Å². The Morgan fingerprint density at radius 3 is 2.58 bits per heavy atom. The van der Waals surface area contributed by atoms with E-state index in [1.165, 1.54) is 32.4 Å². The number of hydrogen-bond donors (Lipinski definition) is 1. The van der Waals surface area contributed by atoms with Gasteiger partial charge in [0.2, 0.25) is 0 Å². The SMILES string of the molecule is Cl.N#CCCCC1CCNCC1. The van der Waals surface area contributed by atoms with Gasteiger partial charge in [0.1, 0.15) is 0 Å². The zero-order chi connectivity index (χ0) is 7.94. The third-order valence-corrected chi connectivity index (χ3v) is 2.36. The van der Waals surface area contributed by atoms with Gasteiger partial charge in [-0.1, -0.05) is 0 Å². The number of hydrogen-bond acceptors (Lipinski definition) is 2. The van der Waals surface area contributed by atoms with Crippen molar-refractivity contribution in [3.63, 3.8) is 0 Å². The molecule has 2 nitrogen and oxygen atoms in total. The lowest BCUT2D eigenvalue weighted by Crippen LogP contribution is -2.27. The van der Waals surface area contributed by atoms with Crippen molar-refractivity contribution in [1.29, 1.82) is 5.26 Å². The first-order valence-electron chi connectivity index (χ1n) is 4.51. The normalized spacial score (nSPS) is 17.9. The van der Waals surface area contributed by atoms with E-state index in [-0.39, 0.29) is 12.4 Å². The molecule has 0 spiro atoms. The number of unbranched alkanes of at least 4 members (excludes halogenated alkanes) is 1. The smallest absolute Gasteiger partial charge is 0.0621 e. The maximum atomic E-state index is 8.33. The van der Waals surface area contributed by atoms with Gasteiger partial charge in [-0.15, -0.1) is 12.4 Å². The highest BCUT2D eigenvalue weighted by Crippen LogP contribution is 2.18. The topological polar surface area (TPSA) is 35.8 Å². The maximum Gasteiger partial charge on any atom is 0.0621 e. The number of piperidine rings is 1. The van der Waals surface area contributed by atoms with Gasteiger partial charge in [0.15, 0.2) is 0 Å². The first-order valence-corrected chi connectivity index (χ1v) is 4.51. The van der Waals surface area contributed by atoms with Crippen LogP contribution in [0.1, 0.15) is 32.1 Å². The van der Waals surface area contributed by atoms with E-state index in [0.717, 1.165) is 18.8 Å². The summed E-state index contributed by atoms with van der Waals surface area (Å²) >= 11 is 0. The lowest BCUT2D eigenvalue weighted by Gasteiger charge is -2.21. The highest BCUT2D eigenvalue weighted by atomic mass is 35.5. The molecule has 0 saturated carbocycles. The fraction of sp³-hybridized carbons (Fsp3) is 0.889. The molecule has 0 bridgehead atoms. The lowest BCUT2D eigenvalue weighted by atomic mass is 9.93. The molecule has 0 unspecified atom stereocenters. The Balaban J connectivity index is 0.00000121. The number of halogens is 1. The Morgan fingerprint density at radius 1 is 1.33 bits per heavy atom. The molecule has 1 aliphatic rings. The largest absolute Gasteiger partial charge is 0.317 e. The molecule has 0 atom stereocenters. The van der Waals surface area contributed by atoms with Crippen molar-refractivity contribution in [2.75, 3.05) is 13.1 Å². The summed E-state index contributed by atoms with van der Waals surface area (Å²) in [6.07, 6.45) is 5.72. The fourth-order valence-electron chi connectivity index (χ4n) is 1.64. The Bertz CT molecular complexity index is 136. The van der Waals surface area contributed by atoms with E-state index in [9.17, 15) is 0 Å². The number of nitrogens with one attached hydrogen (secondary N) is 1. The molecule has 12 heavy (non-hydrogen) atoms. The molecule has 3 heteroatoms. The van der Waals surface area contributed by atoms with E-state index in [2.05, 4.69) is 11.4 Å². The summed E-state index contributed by atoms with van der Waals surface area (Å²) in [7, 11) is 0. The Labute approximate surface area is 80.7 Å². The summed E-state index contributed by atoms with van der Waals surface area (Å²) in [5.74, 6) is 0.893. The fourth-order valence-corrected chi connectivity index (χ4v) is 1.64. The number of nitrogens with zero attached hydrogens (tertiary/aromatic N) is 1. The third-order valence-electron chi connectivity index (χ3n) is 2.36. The van der Waals surface area contributed by atoms with Crippen LogP contribution in [0.5, 0.6) is 0 Å². The monoisotopic (exact) mass is 188 g/mol. The number of rotatable bonds is 3. The van der Waals surface area contributed by atoms with Crippen molar-refractivity contribution in [3.05, 3.63) is 0 Å².